The van der Waals surface area contributed by atoms with Crippen molar-refractivity contribution >= 4 is 3.21 Å². The van der Waals surface area contributed by atoms with Crippen molar-refractivity contribution < 1.29 is 49.0 Å². The molecule has 0 amide bonds. The average molecular weight is 907 g/mol. The molecule has 0 saturated carbocycles. The minimum atomic E-state index is 0. The fourth-order valence-electron chi connectivity index (χ4n) is 8.45. The van der Waals surface area contributed by atoms with Gasteiger partial charge in [-0.1, -0.05) is 121 Å². The zero-order chi connectivity index (χ0) is 41.9. The van der Waals surface area contributed by atoms with Gasteiger partial charge in [0.25, 0.3) is 0 Å². The Morgan fingerprint density at radius 1 is 0.583 bits per heavy atom. The van der Waals surface area contributed by atoms with Crippen LogP contribution in [-0.4, -0.2) is 3.21 Å². The van der Waals surface area contributed by atoms with Crippen molar-refractivity contribution in [3.63, 3.8) is 0 Å². The standard InChI is InChI=1S/C31H29.C15H14.C11H17.2ClH.Zr/c1-18-11-20(3)30(21(4)12-18)24-7-9-28-26(15-24)17-27-16-25(8-10-29(27)28)31-22(5)13-19(2)14-23(31)6;1-12-3-7-14(8-4-12)11-15-9-5-13(2)6-10-15;1-5-9-6-7-10(8-9)11(2,3)4;;;/h7-15H,17H2,1-6H3;3-10H,1-2H3;6-8H,5H2,1-4H3;2*1H;/q-1;;-1;;;+2/p-2. The molecule has 0 nitrogen and oxygen atoms in total. The van der Waals surface area contributed by atoms with Crippen LogP contribution in [-0.2, 0) is 42.5 Å². The summed E-state index contributed by atoms with van der Waals surface area (Å²) in [5, 5.41) is 0. The van der Waals surface area contributed by atoms with Crippen LogP contribution >= 0.6 is 0 Å². The van der Waals surface area contributed by atoms with Crippen molar-refractivity contribution in [1.82, 2.24) is 0 Å². The molecule has 0 aromatic heterocycles. The van der Waals surface area contributed by atoms with E-state index in [0.717, 1.165) is 12.8 Å². The van der Waals surface area contributed by atoms with Crippen molar-refractivity contribution in [3.05, 3.63) is 205 Å². The number of hydrogen-bond acceptors (Lipinski definition) is 0. The van der Waals surface area contributed by atoms with Gasteiger partial charge in [-0.05, 0) is 75.8 Å². The Morgan fingerprint density at radius 2 is 1.07 bits per heavy atom. The molecule has 308 valence electrons. The van der Waals surface area contributed by atoms with Gasteiger partial charge in [0, 0.05) is 0 Å². The third kappa shape index (κ3) is 11.5. The van der Waals surface area contributed by atoms with Crippen molar-refractivity contribution in [2.75, 3.05) is 0 Å². The minimum Gasteiger partial charge on any atom is -1.00 e. The van der Waals surface area contributed by atoms with Gasteiger partial charge in [-0.3, -0.25) is 0 Å². The van der Waals surface area contributed by atoms with Gasteiger partial charge in [0.2, 0.25) is 0 Å². The van der Waals surface area contributed by atoms with Gasteiger partial charge in [-0.2, -0.15) is 23.3 Å². The predicted molar refractivity (Wildman–Crippen MR) is 248 cm³/mol. The number of hydrogen-bond donors (Lipinski definition) is 0. The molecule has 0 bridgehead atoms. The van der Waals surface area contributed by atoms with E-state index < -0.39 is 0 Å². The summed E-state index contributed by atoms with van der Waals surface area (Å²) in [6.07, 6.45) is 2.11. The molecular weight excluding hydrogens is 847 g/mol. The Bertz CT molecular complexity index is 2380. The molecule has 0 spiro atoms. The van der Waals surface area contributed by atoms with Crippen LogP contribution in [0.15, 0.2) is 121 Å². The normalized spacial score (nSPS) is 11.2. The molecule has 0 saturated heterocycles. The van der Waals surface area contributed by atoms with E-state index in [-0.39, 0.29) is 24.8 Å². The monoisotopic (exact) mass is 904 g/mol. The third-order valence-electron chi connectivity index (χ3n) is 11.5. The van der Waals surface area contributed by atoms with Gasteiger partial charge < -0.3 is 24.8 Å². The molecule has 1 aliphatic carbocycles. The zero-order valence-electron chi connectivity index (χ0n) is 37.7. The first-order valence-corrected chi connectivity index (χ1v) is 22.1. The van der Waals surface area contributed by atoms with Crippen LogP contribution in [0.4, 0.5) is 0 Å². The van der Waals surface area contributed by atoms with Gasteiger partial charge in [0.15, 0.2) is 0 Å². The van der Waals surface area contributed by atoms with Crippen LogP contribution in [0.1, 0.15) is 106 Å². The fourth-order valence-corrected chi connectivity index (χ4v) is 9.27. The van der Waals surface area contributed by atoms with E-state index in [1.54, 1.807) is 0 Å². The van der Waals surface area contributed by atoms with Crippen molar-refractivity contribution in [3.8, 4) is 33.4 Å². The van der Waals surface area contributed by atoms with E-state index in [1.807, 2.05) is 0 Å². The van der Waals surface area contributed by atoms with Crippen molar-refractivity contribution in [2.24, 2.45) is 0 Å². The molecule has 3 heteroatoms. The number of halogens is 2. The van der Waals surface area contributed by atoms with Gasteiger partial charge in [-0.15, -0.1) is 29.3 Å². The second kappa shape index (κ2) is 20.7. The van der Waals surface area contributed by atoms with Crippen molar-refractivity contribution in [2.45, 2.75) is 101 Å². The Kier molecular flexibility index (Phi) is 16.8. The maximum absolute atomic E-state index is 3.78. The summed E-state index contributed by atoms with van der Waals surface area (Å²) < 4.78 is 1.42. The molecule has 0 unspecified atom stereocenters. The molecule has 0 heterocycles. The number of fused-ring (bicyclic) bond motifs is 3. The van der Waals surface area contributed by atoms with Crippen LogP contribution < -0.4 is 24.8 Å². The quantitative estimate of drug-likeness (QED) is 0.152. The topological polar surface area (TPSA) is 0 Å². The molecule has 0 atom stereocenters. The zero-order valence-corrected chi connectivity index (χ0v) is 41.7. The van der Waals surface area contributed by atoms with Crippen LogP contribution in [0.5, 0.6) is 0 Å². The smallest absolute Gasteiger partial charge is 1.00 e. The molecule has 0 fully saturated rings. The molecule has 0 radical (unpaired) electrons. The Labute approximate surface area is 389 Å². The molecule has 0 aliphatic heterocycles. The summed E-state index contributed by atoms with van der Waals surface area (Å²) in [5.74, 6) is 0. The number of aryl methyl sites for hydroxylation is 9. The first-order chi connectivity index (χ1) is 27.5. The van der Waals surface area contributed by atoms with Gasteiger partial charge in [0.1, 0.15) is 0 Å². The second-order valence-electron chi connectivity index (χ2n) is 17.6. The molecule has 60 heavy (non-hydrogen) atoms. The van der Waals surface area contributed by atoms with Crippen LogP contribution in [0, 0.1) is 61.5 Å². The van der Waals surface area contributed by atoms with Gasteiger partial charge >= 0.3 is 112 Å². The summed E-state index contributed by atoms with van der Waals surface area (Å²) in [7, 11) is 0. The van der Waals surface area contributed by atoms with Gasteiger partial charge in [-0.25, -0.2) is 6.07 Å². The second-order valence-corrected chi connectivity index (χ2v) is 18.8. The molecule has 0 N–H and O–H groups in total. The van der Waals surface area contributed by atoms with Crippen LogP contribution in [0.2, 0.25) is 0 Å². The maximum atomic E-state index is 3.78. The minimum absolute atomic E-state index is 0. The first-order valence-electron chi connectivity index (χ1n) is 20.9. The summed E-state index contributed by atoms with van der Waals surface area (Å²) >= 11 is 1.46. The Balaban J connectivity index is 0.000000229. The number of benzene rings is 6. The van der Waals surface area contributed by atoms with Gasteiger partial charge in [0.05, 0.1) is 0 Å². The first kappa shape index (κ1) is 48.7. The molecule has 1 aliphatic rings. The summed E-state index contributed by atoms with van der Waals surface area (Å²) in [4.78, 5) is 0. The third-order valence-corrected chi connectivity index (χ3v) is 12.9. The predicted octanol–water partition coefficient (Wildman–Crippen LogP) is 8.93. The Morgan fingerprint density at radius 3 is 1.52 bits per heavy atom. The van der Waals surface area contributed by atoms with Crippen molar-refractivity contribution in [1.29, 1.82) is 0 Å². The van der Waals surface area contributed by atoms with E-state index in [2.05, 4.69) is 210 Å². The van der Waals surface area contributed by atoms with E-state index in [4.69, 9.17) is 0 Å². The van der Waals surface area contributed by atoms with E-state index in [9.17, 15) is 0 Å². The SMILES string of the molecule is CCc1cc(C(C)(C)C)c[cH-]1.Cc1cc(C)c(-c2[c-]c3c(cc2)-c2ccc(-c4c(C)cc(C)cc4C)cc2C3)c(C)c1.Cc1ccc([C](=[Zr+2])c2ccc(C)cc2)cc1.[Cl-].[Cl-]. The number of rotatable bonds is 5. The van der Waals surface area contributed by atoms with E-state index in [0.29, 0.717) is 5.41 Å². The van der Waals surface area contributed by atoms with Crippen LogP contribution in [0.25, 0.3) is 33.4 Å². The Hall–Kier alpha value is -4.00. The molecule has 7 aromatic carbocycles. The summed E-state index contributed by atoms with van der Waals surface area (Å²) in [5.41, 5.74) is 27.2. The molecule has 7 aromatic rings. The fraction of sp³-hybridized carbons (Fsp3) is 0.263. The van der Waals surface area contributed by atoms with Crippen LogP contribution in [0.3, 0.4) is 0 Å². The van der Waals surface area contributed by atoms with E-state index >= 15 is 0 Å². The molecule has 8 rings (SSSR count). The summed E-state index contributed by atoms with van der Waals surface area (Å²) in [6.45, 7) is 26.4. The molecular formula is C57H60Cl2Zr-2. The largest absolute Gasteiger partial charge is 1.00 e. The van der Waals surface area contributed by atoms with E-state index in [1.165, 1.54) is 139 Å². The average Bonchev–Trinajstić information content (AvgIpc) is 3.80. The maximum Gasteiger partial charge on any atom is -1.00 e. The summed E-state index contributed by atoms with van der Waals surface area (Å²) in [6, 6.07) is 48.7.